The normalized spacial score (nSPS) is 11.0. The van der Waals surface area contributed by atoms with Crippen molar-refractivity contribution < 1.29 is 27.4 Å². The van der Waals surface area contributed by atoms with E-state index in [1.807, 2.05) is 57.2 Å². The van der Waals surface area contributed by atoms with Crippen LogP contribution in [0.4, 0.5) is 4.79 Å². The molecule has 0 aliphatic heterocycles. The zero-order valence-corrected chi connectivity index (χ0v) is 16.1. The van der Waals surface area contributed by atoms with Crippen molar-refractivity contribution in [3.8, 4) is 0 Å². The van der Waals surface area contributed by atoms with Crippen LogP contribution in [0.15, 0.2) is 54.6 Å². The number of hydrogen-bond acceptors (Lipinski definition) is 2. The number of ether oxygens (including phenoxy) is 1. The third-order valence-corrected chi connectivity index (χ3v) is 4.28. The summed E-state index contributed by atoms with van der Waals surface area (Å²) >= 11 is 3.05. The van der Waals surface area contributed by atoms with E-state index >= 15 is 0 Å². The average Bonchev–Trinajstić information content (AvgIpc) is 2.54. The Bertz CT molecular complexity index is 720. The number of benzene rings is 2. The number of amides is 1. The van der Waals surface area contributed by atoms with Gasteiger partial charge in [0.05, 0.1) is 0 Å². The van der Waals surface area contributed by atoms with Gasteiger partial charge >= 0.3 is 154 Å². The van der Waals surface area contributed by atoms with Gasteiger partial charge in [-0.05, 0) is 0 Å². The summed E-state index contributed by atoms with van der Waals surface area (Å²) in [5.41, 5.74) is 2.82. The first kappa shape index (κ1) is 18.5. The second-order valence-electron chi connectivity index (χ2n) is 6.65. The molecule has 0 saturated carbocycles. The van der Waals surface area contributed by atoms with Gasteiger partial charge in [0.2, 0.25) is 0 Å². The molecule has 0 radical (unpaired) electrons. The predicted molar refractivity (Wildman–Crippen MR) is 93.8 cm³/mol. The standard InChI is InChI=1S/C20H23NO2.Rh/c1-20(2,3)23-19(22)21(4)15-18-13-9-8-12-17(18)14-16-10-6-5-7-11-16;/h5-13H,15H2,1-4H3;. The summed E-state index contributed by atoms with van der Waals surface area (Å²) in [4.78, 5) is 13.8. The molecular formula is C20H23NO2Rh. The Morgan fingerprint density at radius 2 is 1.62 bits per heavy atom. The Kier molecular flexibility index (Phi) is 6.06. The van der Waals surface area contributed by atoms with Gasteiger partial charge in [-0.3, -0.25) is 0 Å². The summed E-state index contributed by atoms with van der Waals surface area (Å²) in [5, 5.41) is 0. The minimum absolute atomic E-state index is 0.319. The van der Waals surface area contributed by atoms with Crippen molar-refractivity contribution in [2.75, 3.05) is 7.05 Å². The molecule has 0 unspecified atom stereocenters. The van der Waals surface area contributed by atoms with Crippen LogP contribution in [0.5, 0.6) is 0 Å². The van der Waals surface area contributed by atoms with Gasteiger partial charge in [0.1, 0.15) is 0 Å². The van der Waals surface area contributed by atoms with Crippen molar-refractivity contribution >= 4 is 10.2 Å². The van der Waals surface area contributed by atoms with Gasteiger partial charge in [-0.15, -0.1) is 0 Å². The molecule has 2 rings (SSSR count). The van der Waals surface area contributed by atoms with Crippen LogP contribution < -0.4 is 0 Å². The van der Waals surface area contributed by atoms with Crippen molar-refractivity contribution in [2.24, 2.45) is 0 Å². The van der Waals surface area contributed by atoms with E-state index in [1.54, 1.807) is 11.9 Å². The van der Waals surface area contributed by atoms with E-state index in [4.69, 9.17) is 4.74 Å². The fraction of sp³-hybridized carbons (Fsp3) is 0.300. The van der Waals surface area contributed by atoms with Crippen molar-refractivity contribution in [1.29, 1.82) is 0 Å². The number of hydrogen-bond donors (Lipinski definition) is 0. The van der Waals surface area contributed by atoms with Crippen LogP contribution >= 0.6 is 0 Å². The number of nitrogens with zero attached hydrogens (tertiary/aromatic N) is 1. The van der Waals surface area contributed by atoms with Gasteiger partial charge in [0.25, 0.3) is 0 Å². The first-order valence-electron chi connectivity index (χ1n) is 7.86. The van der Waals surface area contributed by atoms with Crippen LogP contribution in [0.2, 0.25) is 0 Å². The van der Waals surface area contributed by atoms with E-state index in [9.17, 15) is 4.79 Å². The Morgan fingerprint density at radius 1 is 1.04 bits per heavy atom. The molecule has 0 fully saturated rings. The molecule has 129 valence electrons. The van der Waals surface area contributed by atoms with E-state index in [1.165, 1.54) is 0 Å². The molecule has 1 amide bonds. The van der Waals surface area contributed by atoms with Crippen molar-refractivity contribution in [2.45, 2.75) is 32.9 Å². The summed E-state index contributed by atoms with van der Waals surface area (Å²) in [7, 11) is 1.76. The fourth-order valence-electron chi connectivity index (χ4n) is 2.25. The zero-order valence-electron chi connectivity index (χ0n) is 14.5. The molecule has 0 heterocycles. The summed E-state index contributed by atoms with van der Waals surface area (Å²) in [6.45, 7) is 6.10. The predicted octanol–water partition coefficient (Wildman–Crippen LogP) is 4.17. The first-order valence-corrected chi connectivity index (χ1v) is 8.68. The van der Waals surface area contributed by atoms with Gasteiger partial charge < -0.3 is 0 Å². The first-order chi connectivity index (χ1) is 11.3. The van der Waals surface area contributed by atoms with E-state index in [-0.39, 0.29) is 6.09 Å². The Hall–Kier alpha value is -1.80. The molecule has 0 N–H and O–H groups in total. The zero-order chi connectivity index (χ0) is 17.7. The molecule has 0 saturated heterocycles. The molecule has 2 aromatic rings. The molecule has 0 aliphatic rings. The van der Waals surface area contributed by atoms with Gasteiger partial charge in [-0.25, -0.2) is 0 Å². The molecule has 0 aromatic heterocycles. The van der Waals surface area contributed by atoms with Crippen LogP contribution in [0.25, 0.3) is 0 Å². The van der Waals surface area contributed by atoms with E-state index in [0.717, 1.165) is 20.8 Å². The van der Waals surface area contributed by atoms with E-state index in [2.05, 4.69) is 36.0 Å². The minimum atomic E-state index is -0.495. The third-order valence-electron chi connectivity index (χ3n) is 3.37. The molecule has 3 nitrogen and oxygen atoms in total. The third kappa shape index (κ3) is 5.10. The van der Waals surface area contributed by atoms with Crippen LogP contribution in [-0.4, -0.2) is 27.7 Å². The number of rotatable bonds is 4. The molecule has 0 bridgehead atoms. The van der Waals surface area contributed by atoms with E-state index < -0.39 is 5.60 Å². The molecule has 2 aromatic carbocycles. The summed E-state index contributed by atoms with van der Waals surface area (Å²) < 4.78 is 6.52. The quantitative estimate of drug-likeness (QED) is 0.706. The topological polar surface area (TPSA) is 29.5 Å². The monoisotopic (exact) mass is 412 g/mol. The summed E-state index contributed by atoms with van der Waals surface area (Å²) in [5.74, 6) is 0. The van der Waals surface area contributed by atoms with Gasteiger partial charge in [0.15, 0.2) is 0 Å². The molecule has 0 aliphatic carbocycles. The summed E-state index contributed by atoms with van der Waals surface area (Å²) in [6, 6.07) is 18.3. The van der Waals surface area contributed by atoms with Gasteiger partial charge in [-0.2, -0.15) is 0 Å². The van der Waals surface area contributed by atoms with Crippen molar-refractivity contribution in [3.05, 3.63) is 71.3 Å². The van der Waals surface area contributed by atoms with Crippen LogP contribution in [0.1, 0.15) is 37.5 Å². The molecule has 24 heavy (non-hydrogen) atoms. The Labute approximate surface area is 153 Å². The molecule has 4 heteroatoms. The van der Waals surface area contributed by atoms with Crippen LogP contribution in [-0.2, 0) is 29.1 Å². The van der Waals surface area contributed by atoms with Crippen LogP contribution in [0.3, 0.4) is 0 Å². The second-order valence-corrected chi connectivity index (χ2v) is 7.47. The van der Waals surface area contributed by atoms with Crippen molar-refractivity contribution in [3.63, 3.8) is 0 Å². The van der Waals surface area contributed by atoms with Crippen molar-refractivity contribution in [1.82, 2.24) is 4.90 Å². The van der Waals surface area contributed by atoms with Gasteiger partial charge in [0, 0.05) is 0 Å². The van der Waals surface area contributed by atoms with Gasteiger partial charge in [-0.1, -0.05) is 0 Å². The molecule has 0 spiro atoms. The maximum atomic E-state index is 12.2. The Morgan fingerprint density at radius 3 is 2.25 bits per heavy atom. The molecular weight excluding hydrogens is 389 g/mol. The van der Waals surface area contributed by atoms with Crippen LogP contribution in [0, 0.1) is 0 Å². The SMILES string of the molecule is CN(Cc1ccccc1[C](=[Rh])c1ccccc1)C(=O)OC(C)(C)C. The molecule has 0 atom stereocenters. The fourth-order valence-corrected chi connectivity index (χ4v) is 2.93. The number of carbonyl (C=O) groups excluding carboxylic acids is 1. The number of carbonyl (C=O) groups is 1. The van der Waals surface area contributed by atoms with E-state index in [0.29, 0.717) is 6.54 Å². The second kappa shape index (κ2) is 7.85. The summed E-state index contributed by atoms with van der Waals surface area (Å²) in [6.07, 6.45) is -0.319. The maximum absolute atomic E-state index is 12.2. The average molecular weight is 412 g/mol. The Balaban J connectivity index is 2.20.